The van der Waals surface area contributed by atoms with Crippen molar-refractivity contribution in [1.82, 2.24) is 0 Å². The predicted octanol–water partition coefficient (Wildman–Crippen LogP) is 3.17. The largest absolute Gasteiger partial charge is 0.516 e. The molecule has 0 bridgehead atoms. The van der Waals surface area contributed by atoms with Gasteiger partial charge in [-0.1, -0.05) is 15.9 Å². The smallest absolute Gasteiger partial charge is 0.478 e. The number of nitrogens with one attached hydrogen (secondary N) is 1. The normalized spacial score (nSPS) is 12.3. The summed E-state index contributed by atoms with van der Waals surface area (Å²) in [5.41, 5.74) is -6.88. The second-order valence-electron chi connectivity index (χ2n) is 3.17. The van der Waals surface area contributed by atoms with Crippen molar-refractivity contribution in [2.24, 2.45) is 0 Å². The molecule has 1 aromatic rings. The Kier molecular flexibility index (Phi) is 4.52. The molecule has 0 aliphatic carbocycles. The van der Waals surface area contributed by atoms with Crippen molar-refractivity contribution in [2.45, 2.75) is 5.51 Å². The van der Waals surface area contributed by atoms with E-state index < -0.39 is 32.8 Å². The Morgan fingerprint density at radius 1 is 1.26 bits per heavy atom. The molecule has 1 rings (SSSR count). The first-order valence-electron chi connectivity index (χ1n) is 4.27. The minimum absolute atomic E-state index is 0.146. The van der Waals surface area contributed by atoms with Crippen LogP contribution in [-0.2, 0) is 10.0 Å². The van der Waals surface area contributed by atoms with Crippen LogP contribution in [0.5, 0.6) is 0 Å². The van der Waals surface area contributed by atoms with Gasteiger partial charge in [0.15, 0.2) is 0 Å². The van der Waals surface area contributed by atoms with Gasteiger partial charge in [0.1, 0.15) is 0 Å². The summed E-state index contributed by atoms with van der Waals surface area (Å²) in [5, 5.41) is 8.86. The summed E-state index contributed by atoms with van der Waals surface area (Å²) in [5.74, 6) is -1.58. The quantitative estimate of drug-likeness (QED) is 0.777. The summed E-state index contributed by atoms with van der Waals surface area (Å²) in [4.78, 5) is 10.9. The van der Waals surface area contributed by atoms with Gasteiger partial charge in [0, 0.05) is 8.95 Å². The molecule has 106 valence electrons. The van der Waals surface area contributed by atoms with E-state index in [0.29, 0.717) is 0 Å². The Hall–Kier alpha value is -0.810. The van der Waals surface area contributed by atoms with Crippen LogP contribution in [0, 0.1) is 0 Å². The summed E-state index contributed by atoms with van der Waals surface area (Å²) in [6.07, 6.45) is 0. The Labute approximate surface area is 122 Å². The number of sulfonamides is 1. The SMILES string of the molecule is O=C(O)c1cc(Br)cc(Br)c1NS(=O)(=O)C(F)(F)F. The number of carbonyl (C=O) groups is 1. The summed E-state index contributed by atoms with van der Waals surface area (Å²) >= 11 is 5.74. The van der Waals surface area contributed by atoms with E-state index in [-0.39, 0.29) is 8.95 Å². The molecule has 0 amide bonds. The van der Waals surface area contributed by atoms with Crippen LogP contribution < -0.4 is 4.72 Å². The van der Waals surface area contributed by atoms with Gasteiger partial charge in [-0.2, -0.15) is 21.6 Å². The van der Waals surface area contributed by atoms with Gasteiger partial charge in [0.2, 0.25) is 0 Å². The zero-order valence-electron chi connectivity index (χ0n) is 8.62. The molecule has 1 aromatic carbocycles. The molecular weight excluding hydrogens is 423 g/mol. The molecule has 0 heterocycles. The fourth-order valence-electron chi connectivity index (χ4n) is 1.04. The molecule has 5 nitrogen and oxygen atoms in total. The van der Waals surface area contributed by atoms with E-state index in [1.807, 2.05) is 0 Å². The Bertz CT molecular complexity index is 630. The van der Waals surface area contributed by atoms with Crippen LogP contribution in [0.25, 0.3) is 0 Å². The average Bonchev–Trinajstić information content (AvgIpc) is 2.19. The van der Waals surface area contributed by atoms with E-state index in [4.69, 9.17) is 5.11 Å². The maximum absolute atomic E-state index is 12.2. The van der Waals surface area contributed by atoms with Gasteiger partial charge < -0.3 is 5.11 Å². The van der Waals surface area contributed by atoms with Gasteiger partial charge in [-0.3, -0.25) is 4.72 Å². The van der Waals surface area contributed by atoms with E-state index in [1.165, 1.54) is 10.8 Å². The zero-order chi connectivity index (χ0) is 15.0. The Morgan fingerprint density at radius 3 is 2.21 bits per heavy atom. The fourth-order valence-corrected chi connectivity index (χ4v) is 3.10. The first-order valence-corrected chi connectivity index (χ1v) is 7.34. The number of hydrogen-bond donors (Lipinski definition) is 2. The van der Waals surface area contributed by atoms with Gasteiger partial charge >= 0.3 is 21.5 Å². The van der Waals surface area contributed by atoms with Crippen LogP contribution in [0.1, 0.15) is 10.4 Å². The number of aromatic carboxylic acids is 1. The first-order chi connectivity index (χ1) is 8.45. The van der Waals surface area contributed by atoms with E-state index in [2.05, 4.69) is 31.9 Å². The van der Waals surface area contributed by atoms with Crippen LogP contribution in [0.2, 0.25) is 0 Å². The van der Waals surface area contributed by atoms with Crippen molar-refractivity contribution in [2.75, 3.05) is 4.72 Å². The van der Waals surface area contributed by atoms with Gasteiger partial charge in [0.25, 0.3) is 0 Å². The molecule has 0 aliphatic heterocycles. The molecule has 0 unspecified atom stereocenters. The number of hydrogen-bond acceptors (Lipinski definition) is 3. The van der Waals surface area contributed by atoms with Crippen LogP contribution >= 0.6 is 31.9 Å². The fraction of sp³-hybridized carbons (Fsp3) is 0.125. The number of halogens is 5. The van der Waals surface area contributed by atoms with Crippen molar-refractivity contribution in [3.05, 3.63) is 26.6 Å². The van der Waals surface area contributed by atoms with E-state index in [1.54, 1.807) is 0 Å². The lowest BCUT2D eigenvalue weighted by molar-refractivity contribution is -0.0429. The van der Waals surface area contributed by atoms with Crippen molar-refractivity contribution in [1.29, 1.82) is 0 Å². The molecule has 0 spiro atoms. The number of carboxylic acid groups (broad SMARTS) is 1. The lowest BCUT2D eigenvalue weighted by Crippen LogP contribution is -2.30. The van der Waals surface area contributed by atoms with Gasteiger partial charge in [0.05, 0.1) is 11.3 Å². The van der Waals surface area contributed by atoms with Crippen LogP contribution in [0.3, 0.4) is 0 Å². The highest BCUT2D eigenvalue weighted by molar-refractivity contribution is 9.11. The molecule has 2 N–H and O–H groups in total. The summed E-state index contributed by atoms with van der Waals surface area (Å²) in [6.45, 7) is 0. The van der Waals surface area contributed by atoms with Crippen LogP contribution in [0.15, 0.2) is 21.1 Å². The monoisotopic (exact) mass is 425 g/mol. The number of alkyl halides is 3. The molecule has 0 aliphatic rings. The molecule has 0 radical (unpaired) electrons. The zero-order valence-corrected chi connectivity index (χ0v) is 12.6. The standard InChI is InChI=1S/C8H4Br2F3NO4S/c9-3-1-4(7(15)16)6(5(10)2-3)14-19(17,18)8(11,12)13/h1-2,14H,(H,15,16). The maximum Gasteiger partial charge on any atom is 0.516 e. The third kappa shape index (κ3) is 3.60. The van der Waals surface area contributed by atoms with Crippen molar-refractivity contribution in [3.63, 3.8) is 0 Å². The van der Waals surface area contributed by atoms with E-state index >= 15 is 0 Å². The molecule has 0 atom stereocenters. The van der Waals surface area contributed by atoms with Gasteiger partial charge in [-0.25, -0.2) is 4.79 Å². The molecule has 11 heteroatoms. The Balaban J connectivity index is 3.41. The van der Waals surface area contributed by atoms with E-state index in [9.17, 15) is 26.4 Å². The number of rotatable bonds is 3. The summed E-state index contributed by atoms with van der Waals surface area (Å²) in [7, 11) is -5.70. The molecule has 0 saturated carbocycles. The van der Waals surface area contributed by atoms with Gasteiger partial charge in [-0.15, -0.1) is 0 Å². The van der Waals surface area contributed by atoms with Crippen molar-refractivity contribution < 1.29 is 31.5 Å². The molecule has 0 saturated heterocycles. The maximum atomic E-state index is 12.2. The molecule has 0 aromatic heterocycles. The minimum Gasteiger partial charge on any atom is -0.478 e. The van der Waals surface area contributed by atoms with Crippen molar-refractivity contribution in [3.8, 4) is 0 Å². The topological polar surface area (TPSA) is 83.5 Å². The first kappa shape index (κ1) is 16.2. The predicted molar refractivity (Wildman–Crippen MR) is 67.4 cm³/mol. The molecular formula is C8H4Br2F3NO4S. The number of anilines is 1. The molecule has 19 heavy (non-hydrogen) atoms. The summed E-state index contributed by atoms with van der Waals surface area (Å²) in [6, 6.07) is 2.18. The lowest BCUT2D eigenvalue weighted by Gasteiger charge is -2.14. The minimum atomic E-state index is -5.70. The highest BCUT2D eigenvalue weighted by atomic mass is 79.9. The third-order valence-electron chi connectivity index (χ3n) is 1.83. The third-order valence-corrected chi connectivity index (χ3v) is 3.99. The Morgan fingerprint density at radius 2 is 1.79 bits per heavy atom. The highest BCUT2D eigenvalue weighted by Gasteiger charge is 2.46. The molecule has 0 fully saturated rings. The second kappa shape index (κ2) is 5.29. The average molecular weight is 427 g/mol. The summed E-state index contributed by atoms with van der Waals surface area (Å²) < 4.78 is 60.0. The number of carboxylic acids is 1. The van der Waals surface area contributed by atoms with Gasteiger partial charge in [-0.05, 0) is 28.1 Å². The van der Waals surface area contributed by atoms with Crippen LogP contribution in [-0.4, -0.2) is 25.0 Å². The lowest BCUT2D eigenvalue weighted by atomic mass is 10.2. The van der Waals surface area contributed by atoms with E-state index in [0.717, 1.165) is 6.07 Å². The number of benzene rings is 1. The highest BCUT2D eigenvalue weighted by Crippen LogP contribution is 2.34. The second-order valence-corrected chi connectivity index (χ2v) is 6.61. The van der Waals surface area contributed by atoms with Crippen molar-refractivity contribution >= 4 is 53.5 Å². The van der Waals surface area contributed by atoms with Crippen LogP contribution in [0.4, 0.5) is 18.9 Å².